The molecule has 2 rings (SSSR count). The summed E-state index contributed by atoms with van der Waals surface area (Å²) in [6, 6.07) is -0.411. The summed E-state index contributed by atoms with van der Waals surface area (Å²) >= 11 is 0. The van der Waals surface area contributed by atoms with Crippen LogP contribution >= 0.6 is 0 Å². The Morgan fingerprint density at radius 1 is 1.30 bits per heavy atom. The number of rotatable bonds is 4. The number of nitrogens with one attached hydrogen (secondary N) is 1. The van der Waals surface area contributed by atoms with Crippen LogP contribution in [0.3, 0.4) is 0 Å². The number of piperidine rings is 1. The third-order valence-corrected chi connectivity index (χ3v) is 4.18. The average molecular weight is 283 g/mol. The molecule has 0 bridgehead atoms. The maximum atomic E-state index is 12.0. The molecule has 0 aromatic rings. The van der Waals surface area contributed by atoms with E-state index >= 15 is 0 Å². The van der Waals surface area contributed by atoms with Gasteiger partial charge < -0.3 is 15.3 Å². The van der Waals surface area contributed by atoms with E-state index in [1.54, 1.807) is 13.8 Å². The van der Waals surface area contributed by atoms with Crippen LogP contribution in [0.2, 0.25) is 0 Å². The molecule has 2 N–H and O–H groups in total. The Hall–Kier alpha value is -1.14. The fraction of sp³-hybridized carbons (Fsp3) is 0.857. The molecule has 2 saturated heterocycles. The highest BCUT2D eigenvalue weighted by atomic mass is 16.3. The van der Waals surface area contributed by atoms with Crippen LogP contribution in [0.1, 0.15) is 33.6 Å². The van der Waals surface area contributed by atoms with E-state index in [-0.39, 0.29) is 12.5 Å². The van der Waals surface area contributed by atoms with E-state index in [1.807, 2.05) is 0 Å². The van der Waals surface area contributed by atoms with Crippen LogP contribution in [-0.4, -0.2) is 64.7 Å². The first kappa shape index (κ1) is 15.3. The van der Waals surface area contributed by atoms with Crippen molar-refractivity contribution in [3.63, 3.8) is 0 Å². The third-order valence-electron chi connectivity index (χ3n) is 4.18. The first-order chi connectivity index (χ1) is 9.29. The molecule has 114 valence electrons. The van der Waals surface area contributed by atoms with Crippen LogP contribution in [0, 0.1) is 5.92 Å². The van der Waals surface area contributed by atoms with Crippen LogP contribution in [0.25, 0.3) is 0 Å². The van der Waals surface area contributed by atoms with Gasteiger partial charge in [-0.25, -0.2) is 4.79 Å². The summed E-state index contributed by atoms with van der Waals surface area (Å²) in [4.78, 5) is 27.1. The van der Waals surface area contributed by atoms with E-state index < -0.39 is 17.7 Å². The van der Waals surface area contributed by atoms with Gasteiger partial charge in [0.25, 0.3) is 5.91 Å². The number of carbonyl (C=O) groups excluding carboxylic acids is 2. The molecular formula is C14H25N3O3. The van der Waals surface area contributed by atoms with Crippen molar-refractivity contribution in [2.75, 3.05) is 26.2 Å². The molecule has 0 aliphatic carbocycles. The largest absolute Gasteiger partial charge is 0.390 e. The minimum absolute atomic E-state index is 0.0696. The van der Waals surface area contributed by atoms with Crippen LogP contribution in [0.15, 0.2) is 0 Å². The van der Waals surface area contributed by atoms with Gasteiger partial charge in [0.2, 0.25) is 0 Å². The summed E-state index contributed by atoms with van der Waals surface area (Å²) in [6.45, 7) is 8.12. The normalized spacial score (nSPS) is 25.9. The molecule has 2 fully saturated rings. The van der Waals surface area contributed by atoms with E-state index in [9.17, 15) is 14.7 Å². The molecule has 2 aliphatic heterocycles. The van der Waals surface area contributed by atoms with E-state index in [0.29, 0.717) is 6.54 Å². The number of β-amino-alcohol motifs (C(OH)–C–C–N with tert-alkyl or cyclic N) is 1. The third kappa shape index (κ3) is 3.30. The van der Waals surface area contributed by atoms with Crippen LogP contribution in [-0.2, 0) is 4.79 Å². The van der Waals surface area contributed by atoms with E-state index in [2.05, 4.69) is 17.1 Å². The number of hydrogen-bond donors (Lipinski definition) is 2. The maximum Gasteiger partial charge on any atom is 0.325 e. The number of urea groups is 1. The van der Waals surface area contributed by atoms with Gasteiger partial charge in [0.15, 0.2) is 0 Å². The second-order valence-corrected chi connectivity index (χ2v) is 6.61. The summed E-state index contributed by atoms with van der Waals surface area (Å²) in [7, 11) is 0. The molecule has 0 spiro atoms. The first-order valence-electron chi connectivity index (χ1n) is 7.34. The fourth-order valence-electron chi connectivity index (χ4n) is 2.79. The number of amides is 3. The van der Waals surface area contributed by atoms with E-state index in [4.69, 9.17) is 0 Å². The Morgan fingerprint density at radius 2 is 1.90 bits per heavy atom. The SMILES string of the molecule is CC1CCN(CC(O)CN2C(=O)NC(C)(C)C2=O)CC1. The summed E-state index contributed by atoms with van der Waals surface area (Å²) in [5.41, 5.74) is -0.864. The fourth-order valence-corrected chi connectivity index (χ4v) is 2.79. The van der Waals surface area contributed by atoms with Gasteiger partial charge in [0.1, 0.15) is 5.54 Å². The molecule has 6 heteroatoms. The van der Waals surface area contributed by atoms with Crippen molar-refractivity contribution in [1.29, 1.82) is 0 Å². The molecule has 0 aromatic carbocycles. The number of aliphatic hydroxyl groups excluding tert-OH is 1. The lowest BCUT2D eigenvalue weighted by Crippen LogP contribution is -2.45. The zero-order valence-electron chi connectivity index (χ0n) is 12.6. The van der Waals surface area contributed by atoms with E-state index in [0.717, 1.165) is 36.7 Å². The van der Waals surface area contributed by atoms with Gasteiger partial charge in [-0.2, -0.15) is 0 Å². The Bertz CT molecular complexity index is 389. The van der Waals surface area contributed by atoms with Crippen molar-refractivity contribution in [3.8, 4) is 0 Å². The van der Waals surface area contributed by atoms with Crippen molar-refractivity contribution in [3.05, 3.63) is 0 Å². The van der Waals surface area contributed by atoms with Gasteiger partial charge in [0.05, 0.1) is 12.6 Å². The second-order valence-electron chi connectivity index (χ2n) is 6.61. The topological polar surface area (TPSA) is 72.9 Å². The summed E-state index contributed by atoms with van der Waals surface area (Å²) in [6.07, 6.45) is 1.60. The smallest absolute Gasteiger partial charge is 0.325 e. The van der Waals surface area contributed by atoms with Gasteiger partial charge in [-0.1, -0.05) is 6.92 Å². The lowest BCUT2D eigenvalue weighted by Gasteiger charge is -2.32. The van der Waals surface area contributed by atoms with Crippen LogP contribution < -0.4 is 5.32 Å². The lowest BCUT2D eigenvalue weighted by molar-refractivity contribution is -0.131. The summed E-state index contributed by atoms with van der Waals surface area (Å²) < 4.78 is 0. The number of aliphatic hydroxyl groups is 1. The maximum absolute atomic E-state index is 12.0. The average Bonchev–Trinajstić information content (AvgIpc) is 2.55. The predicted molar refractivity (Wildman–Crippen MR) is 75.2 cm³/mol. The number of carbonyl (C=O) groups is 2. The van der Waals surface area contributed by atoms with Crippen molar-refractivity contribution in [2.24, 2.45) is 5.92 Å². The highest BCUT2D eigenvalue weighted by Gasteiger charge is 2.44. The number of likely N-dealkylation sites (tertiary alicyclic amines) is 1. The van der Waals surface area contributed by atoms with Crippen molar-refractivity contribution in [1.82, 2.24) is 15.1 Å². The minimum atomic E-state index is -0.864. The monoisotopic (exact) mass is 283 g/mol. The zero-order chi connectivity index (χ0) is 14.9. The van der Waals surface area contributed by atoms with Crippen molar-refractivity contribution in [2.45, 2.75) is 45.3 Å². The number of imide groups is 1. The summed E-state index contributed by atoms with van der Waals surface area (Å²) in [5, 5.41) is 12.7. The molecule has 0 aromatic heterocycles. The van der Waals surface area contributed by atoms with Gasteiger partial charge in [-0.15, -0.1) is 0 Å². The van der Waals surface area contributed by atoms with Crippen molar-refractivity contribution >= 4 is 11.9 Å². The summed E-state index contributed by atoms with van der Waals surface area (Å²) in [5.74, 6) is 0.476. The quantitative estimate of drug-likeness (QED) is 0.733. The molecule has 1 atom stereocenters. The Balaban J connectivity index is 1.84. The standard InChI is InChI=1S/C14H25N3O3/c1-10-4-6-16(7-5-10)8-11(18)9-17-12(19)14(2,3)15-13(17)20/h10-11,18H,4-9H2,1-3H3,(H,15,20). The Labute approximate surface area is 120 Å². The van der Waals surface area contributed by atoms with E-state index in [1.165, 1.54) is 0 Å². The van der Waals surface area contributed by atoms with Crippen LogP contribution in [0.5, 0.6) is 0 Å². The molecule has 2 aliphatic rings. The molecule has 2 heterocycles. The molecule has 6 nitrogen and oxygen atoms in total. The highest BCUT2D eigenvalue weighted by molar-refractivity contribution is 6.06. The molecule has 3 amide bonds. The molecule has 20 heavy (non-hydrogen) atoms. The molecule has 1 unspecified atom stereocenters. The Morgan fingerprint density at radius 3 is 2.40 bits per heavy atom. The lowest BCUT2D eigenvalue weighted by atomic mass is 9.99. The van der Waals surface area contributed by atoms with Gasteiger partial charge in [-0.3, -0.25) is 9.69 Å². The number of nitrogens with zero attached hydrogens (tertiary/aromatic N) is 2. The first-order valence-corrected chi connectivity index (χ1v) is 7.34. The van der Waals surface area contributed by atoms with Gasteiger partial charge in [0, 0.05) is 6.54 Å². The zero-order valence-corrected chi connectivity index (χ0v) is 12.6. The molecular weight excluding hydrogens is 258 g/mol. The second kappa shape index (κ2) is 5.69. The molecule has 0 saturated carbocycles. The highest BCUT2D eigenvalue weighted by Crippen LogP contribution is 2.18. The molecule has 0 radical (unpaired) electrons. The Kier molecular flexibility index (Phi) is 4.34. The van der Waals surface area contributed by atoms with Crippen molar-refractivity contribution < 1.29 is 14.7 Å². The minimum Gasteiger partial charge on any atom is -0.390 e. The van der Waals surface area contributed by atoms with Crippen LogP contribution in [0.4, 0.5) is 4.79 Å². The number of hydrogen-bond acceptors (Lipinski definition) is 4. The van der Waals surface area contributed by atoms with Gasteiger partial charge in [-0.05, 0) is 45.7 Å². The predicted octanol–water partition coefficient (Wildman–Crippen LogP) is 0.410. The van der Waals surface area contributed by atoms with Gasteiger partial charge >= 0.3 is 6.03 Å².